The Kier molecular flexibility index (Phi) is 4.61. The first-order chi connectivity index (χ1) is 13.5. The van der Waals surface area contributed by atoms with E-state index in [9.17, 15) is 15.0 Å². The molecule has 6 heteroatoms. The van der Waals surface area contributed by atoms with Crippen LogP contribution in [-0.4, -0.2) is 26.0 Å². The van der Waals surface area contributed by atoms with E-state index >= 15 is 0 Å². The van der Waals surface area contributed by atoms with E-state index in [4.69, 9.17) is 4.74 Å². The number of amides is 1. The van der Waals surface area contributed by atoms with Crippen molar-refractivity contribution in [2.24, 2.45) is 0 Å². The van der Waals surface area contributed by atoms with Crippen LogP contribution in [0.4, 0.5) is 0 Å². The lowest BCUT2D eigenvalue weighted by atomic mass is 10.1. The monoisotopic (exact) mass is 376 g/mol. The average Bonchev–Trinajstić information content (AvgIpc) is 3.10. The van der Waals surface area contributed by atoms with Crippen LogP contribution in [-0.2, 0) is 19.7 Å². The molecule has 3 aromatic rings. The minimum absolute atomic E-state index is 0.0401. The normalized spacial score (nSPS) is 12.7. The fraction of sp³-hybridized carbons (Fsp3) is 0.182. The first-order valence-corrected chi connectivity index (χ1v) is 8.97. The number of carbonyl (C=O) groups excluding carboxylic acids is 1. The molecule has 1 aromatic heterocycles. The van der Waals surface area contributed by atoms with E-state index in [1.807, 2.05) is 43.3 Å². The molecule has 4 rings (SSSR count). The van der Waals surface area contributed by atoms with Gasteiger partial charge in [-0.1, -0.05) is 35.9 Å². The second kappa shape index (κ2) is 7.23. The van der Waals surface area contributed by atoms with Crippen LogP contribution in [0.2, 0.25) is 0 Å². The molecule has 142 valence electrons. The lowest BCUT2D eigenvalue weighted by Gasteiger charge is -2.19. The van der Waals surface area contributed by atoms with Gasteiger partial charge in [-0.3, -0.25) is 9.78 Å². The lowest BCUT2D eigenvalue weighted by Crippen LogP contribution is -2.26. The highest BCUT2D eigenvalue weighted by atomic mass is 16.5. The molecule has 0 atom stereocenters. The first-order valence-electron chi connectivity index (χ1n) is 8.97. The first kappa shape index (κ1) is 17.9. The number of rotatable bonds is 4. The summed E-state index contributed by atoms with van der Waals surface area (Å²) < 4.78 is 5.81. The topological polar surface area (TPSA) is 82.9 Å². The Bertz CT molecular complexity index is 1020. The van der Waals surface area contributed by atoms with Crippen molar-refractivity contribution in [1.29, 1.82) is 0 Å². The second-order valence-electron chi connectivity index (χ2n) is 6.89. The number of aryl methyl sites for hydroxylation is 1. The number of pyridine rings is 1. The van der Waals surface area contributed by atoms with Crippen LogP contribution >= 0.6 is 0 Å². The minimum Gasteiger partial charge on any atom is -0.508 e. The molecule has 2 heterocycles. The van der Waals surface area contributed by atoms with Crippen molar-refractivity contribution in [3.8, 4) is 17.2 Å². The summed E-state index contributed by atoms with van der Waals surface area (Å²) in [6.45, 7) is 2.98. The van der Waals surface area contributed by atoms with E-state index in [0.29, 0.717) is 13.1 Å². The summed E-state index contributed by atoms with van der Waals surface area (Å²) >= 11 is 0. The van der Waals surface area contributed by atoms with Gasteiger partial charge < -0.3 is 19.8 Å². The average molecular weight is 376 g/mol. The molecule has 0 bridgehead atoms. The summed E-state index contributed by atoms with van der Waals surface area (Å²) in [6.07, 6.45) is 1.70. The molecule has 2 N–H and O–H groups in total. The fourth-order valence-electron chi connectivity index (χ4n) is 3.38. The predicted octanol–water partition coefficient (Wildman–Crippen LogP) is 3.54. The Morgan fingerprint density at radius 1 is 1.14 bits per heavy atom. The molecule has 0 unspecified atom stereocenters. The maximum atomic E-state index is 13.1. The van der Waals surface area contributed by atoms with Crippen LogP contribution in [0.15, 0.2) is 54.7 Å². The van der Waals surface area contributed by atoms with Crippen LogP contribution in [0.5, 0.6) is 17.2 Å². The molecular formula is C22H20N2O4. The van der Waals surface area contributed by atoms with E-state index in [2.05, 4.69) is 4.98 Å². The zero-order valence-corrected chi connectivity index (χ0v) is 15.4. The molecule has 28 heavy (non-hydrogen) atoms. The van der Waals surface area contributed by atoms with Gasteiger partial charge in [0.15, 0.2) is 0 Å². The third-order valence-electron chi connectivity index (χ3n) is 4.73. The van der Waals surface area contributed by atoms with Gasteiger partial charge >= 0.3 is 0 Å². The zero-order chi connectivity index (χ0) is 19.7. The maximum absolute atomic E-state index is 13.1. The number of ether oxygens (including phenoxy) is 1. The van der Waals surface area contributed by atoms with Gasteiger partial charge in [-0.2, -0.15) is 0 Å². The van der Waals surface area contributed by atoms with Crippen LogP contribution in [0.3, 0.4) is 0 Å². The zero-order valence-electron chi connectivity index (χ0n) is 15.4. The fourth-order valence-corrected chi connectivity index (χ4v) is 3.38. The van der Waals surface area contributed by atoms with E-state index in [-0.39, 0.29) is 35.3 Å². The minimum atomic E-state index is -0.366. The summed E-state index contributed by atoms with van der Waals surface area (Å²) in [5, 5.41) is 20.2. The Hall–Kier alpha value is -3.54. The summed E-state index contributed by atoms with van der Waals surface area (Å²) in [6, 6.07) is 14.1. The molecule has 0 saturated carbocycles. The van der Waals surface area contributed by atoms with Crippen LogP contribution < -0.4 is 4.74 Å². The molecule has 1 amide bonds. The van der Waals surface area contributed by atoms with E-state index in [1.54, 1.807) is 11.1 Å². The quantitative estimate of drug-likeness (QED) is 0.728. The largest absolute Gasteiger partial charge is 0.508 e. The van der Waals surface area contributed by atoms with Gasteiger partial charge in [0, 0.05) is 24.9 Å². The summed E-state index contributed by atoms with van der Waals surface area (Å²) in [5.41, 5.74) is 3.89. The Morgan fingerprint density at radius 2 is 2.00 bits per heavy atom. The number of nitrogens with zero attached hydrogens (tertiary/aromatic N) is 2. The van der Waals surface area contributed by atoms with Crippen LogP contribution in [0.1, 0.15) is 32.7 Å². The summed E-state index contributed by atoms with van der Waals surface area (Å²) in [4.78, 5) is 19.0. The second-order valence-corrected chi connectivity index (χ2v) is 6.89. The molecule has 0 saturated heterocycles. The highest BCUT2D eigenvalue weighted by Gasteiger charge is 2.29. The molecule has 1 aliphatic heterocycles. The number of hydrogen-bond donors (Lipinski definition) is 2. The number of benzene rings is 2. The van der Waals surface area contributed by atoms with Gasteiger partial charge in [-0.05, 0) is 24.1 Å². The van der Waals surface area contributed by atoms with Gasteiger partial charge in [0.1, 0.15) is 29.4 Å². The number of fused-ring (bicyclic) bond motifs is 1. The van der Waals surface area contributed by atoms with Crippen molar-refractivity contribution in [1.82, 2.24) is 9.88 Å². The van der Waals surface area contributed by atoms with Crippen molar-refractivity contribution in [2.45, 2.75) is 26.6 Å². The third-order valence-corrected chi connectivity index (χ3v) is 4.73. The standard InChI is InChI=1S/C22H20N2O4/c1-14-4-2-5-15(8-14)13-28-20-10-17(25)9-19(26)21(20)22(27)24-11-16-6-3-7-23-18(16)12-24/h2-10,25-26H,11-13H2,1H3. The number of hydrogen-bond acceptors (Lipinski definition) is 5. The lowest BCUT2D eigenvalue weighted by molar-refractivity contribution is 0.0742. The van der Waals surface area contributed by atoms with Gasteiger partial charge in [-0.15, -0.1) is 0 Å². The van der Waals surface area contributed by atoms with Gasteiger partial charge in [0.05, 0.1) is 12.2 Å². The van der Waals surface area contributed by atoms with Crippen molar-refractivity contribution >= 4 is 5.91 Å². The summed E-state index contributed by atoms with van der Waals surface area (Å²) in [5.74, 6) is -0.699. The Balaban J connectivity index is 1.60. The molecule has 0 radical (unpaired) electrons. The van der Waals surface area contributed by atoms with Crippen molar-refractivity contribution in [3.05, 3.63) is 82.7 Å². The molecule has 6 nitrogen and oxygen atoms in total. The van der Waals surface area contributed by atoms with Crippen LogP contribution in [0, 0.1) is 6.92 Å². The number of phenolic OH excluding ortho intramolecular Hbond substituents is 2. The molecule has 2 aromatic carbocycles. The molecule has 0 fully saturated rings. The highest BCUT2D eigenvalue weighted by molar-refractivity contribution is 6.00. The van der Waals surface area contributed by atoms with Gasteiger partial charge in [0.25, 0.3) is 5.91 Å². The van der Waals surface area contributed by atoms with Crippen LogP contribution in [0.25, 0.3) is 0 Å². The SMILES string of the molecule is Cc1cccc(COc2cc(O)cc(O)c2C(=O)N2Cc3cccnc3C2)c1. The maximum Gasteiger partial charge on any atom is 0.262 e. The van der Waals surface area contributed by atoms with Gasteiger partial charge in [0.2, 0.25) is 0 Å². The molecule has 0 aliphatic carbocycles. The Morgan fingerprint density at radius 3 is 2.79 bits per heavy atom. The highest BCUT2D eigenvalue weighted by Crippen LogP contribution is 2.36. The number of phenols is 2. The third kappa shape index (κ3) is 3.49. The smallest absolute Gasteiger partial charge is 0.262 e. The van der Waals surface area contributed by atoms with E-state index in [1.165, 1.54) is 6.07 Å². The molecular weight excluding hydrogens is 356 g/mol. The molecule has 1 aliphatic rings. The van der Waals surface area contributed by atoms with Crippen molar-refractivity contribution in [3.63, 3.8) is 0 Å². The van der Waals surface area contributed by atoms with Crippen molar-refractivity contribution in [2.75, 3.05) is 0 Å². The molecule has 0 spiro atoms. The Labute approximate surface area is 162 Å². The number of aromatic hydroxyl groups is 2. The van der Waals surface area contributed by atoms with Gasteiger partial charge in [-0.25, -0.2) is 0 Å². The van der Waals surface area contributed by atoms with Crippen molar-refractivity contribution < 1.29 is 19.7 Å². The summed E-state index contributed by atoms with van der Waals surface area (Å²) in [7, 11) is 0. The van der Waals surface area contributed by atoms with E-state index in [0.717, 1.165) is 28.5 Å². The number of aromatic nitrogens is 1. The number of carbonyl (C=O) groups is 1. The predicted molar refractivity (Wildman–Crippen MR) is 103 cm³/mol. The van der Waals surface area contributed by atoms with E-state index < -0.39 is 0 Å².